The summed E-state index contributed by atoms with van der Waals surface area (Å²) in [5, 5.41) is 2.92. The minimum atomic E-state index is -0.831. The minimum Gasteiger partial charge on any atom is -0.275 e. The lowest BCUT2D eigenvalue weighted by molar-refractivity contribution is 0.107. The average molecular weight is 210 g/mol. The van der Waals surface area contributed by atoms with Gasteiger partial charge in [-0.2, -0.15) is 9.61 Å². The molecule has 0 fully saturated rings. The first-order valence-corrected chi connectivity index (χ1v) is 4.11. The molecule has 0 saturated carbocycles. The van der Waals surface area contributed by atoms with E-state index < -0.39 is 10.8 Å². The van der Waals surface area contributed by atoms with E-state index in [1.807, 2.05) is 0 Å². The largest absolute Gasteiger partial charge is 0.286 e. The van der Waals surface area contributed by atoms with Gasteiger partial charge < -0.3 is 0 Å². The van der Waals surface area contributed by atoms with Crippen LogP contribution in [0.4, 0.5) is 0 Å². The summed E-state index contributed by atoms with van der Waals surface area (Å²) < 4.78 is 1.02. The summed E-state index contributed by atoms with van der Waals surface area (Å²) >= 11 is 5.19. The van der Waals surface area contributed by atoms with Gasteiger partial charge in [-0.15, -0.1) is 0 Å². The lowest BCUT2D eigenvalue weighted by atomic mass is 10.3. The molecule has 0 aliphatic carbocycles. The Bertz CT molecular complexity index is 564. The lowest BCUT2D eigenvalue weighted by Gasteiger charge is -1.97. The third-order valence-electron chi connectivity index (χ3n) is 1.69. The first-order chi connectivity index (χ1) is 6.70. The summed E-state index contributed by atoms with van der Waals surface area (Å²) in [6.07, 6.45) is 2.58. The minimum absolute atomic E-state index is 0.178. The standard InChI is InChI=1S/C8H4ClN3O2/c9-7(13)5-4-10-6-2-1-3-11-12(6)8(5)14/h1-4H. The summed E-state index contributed by atoms with van der Waals surface area (Å²) in [6.45, 7) is 0. The van der Waals surface area contributed by atoms with Crippen LogP contribution in [0, 0.1) is 0 Å². The second-order valence-corrected chi connectivity index (χ2v) is 2.89. The summed E-state index contributed by atoms with van der Waals surface area (Å²) in [6, 6.07) is 3.25. The highest BCUT2D eigenvalue weighted by atomic mass is 35.5. The molecule has 70 valence electrons. The molecule has 2 aromatic rings. The van der Waals surface area contributed by atoms with Crippen LogP contribution in [0.5, 0.6) is 0 Å². The summed E-state index contributed by atoms with van der Waals surface area (Å²) in [7, 11) is 0. The van der Waals surface area contributed by atoms with Gasteiger partial charge in [-0.05, 0) is 23.7 Å². The van der Waals surface area contributed by atoms with Gasteiger partial charge in [0.1, 0.15) is 5.56 Å². The van der Waals surface area contributed by atoms with Crippen LogP contribution in [-0.2, 0) is 0 Å². The number of aromatic nitrogens is 3. The molecule has 0 spiro atoms. The first-order valence-electron chi connectivity index (χ1n) is 3.73. The molecule has 0 atom stereocenters. The number of hydrogen-bond donors (Lipinski definition) is 0. The van der Waals surface area contributed by atoms with Gasteiger partial charge in [-0.3, -0.25) is 9.59 Å². The molecular formula is C8H4ClN3O2. The zero-order valence-corrected chi connectivity index (χ0v) is 7.60. The number of carbonyl (C=O) groups is 1. The van der Waals surface area contributed by atoms with Crippen molar-refractivity contribution >= 4 is 22.5 Å². The third-order valence-corrected chi connectivity index (χ3v) is 1.89. The topological polar surface area (TPSA) is 64.3 Å². The molecule has 0 amide bonds. The highest BCUT2D eigenvalue weighted by Gasteiger charge is 2.10. The van der Waals surface area contributed by atoms with Gasteiger partial charge in [0.2, 0.25) is 0 Å². The SMILES string of the molecule is O=C(Cl)c1cnc2cccnn2c1=O. The molecule has 0 aromatic carbocycles. The van der Waals surface area contributed by atoms with Gasteiger partial charge in [0.25, 0.3) is 10.8 Å². The van der Waals surface area contributed by atoms with E-state index in [1.54, 1.807) is 12.1 Å². The van der Waals surface area contributed by atoms with Crippen molar-refractivity contribution < 1.29 is 4.79 Å². The Morgan fingerprint density at radius 2 is 2.29 bits per heavy atom. The maximum atomic E-state index is 11.5. The summed E-state index contributed by atoms with van der Waals surface area (Å²) in [4.78, 5) is 26.2. The van der Waals surface area contributed by atoms with Crippen molar-refractivity contribution in [3.8, 4) is 0 Å². The van der Waals surface area contributed by atoms with Crippen molar-refractivity contribution in [2.45, 2.75) is 0 Å². The zero-order valence-electron chi connectivity index (χ0n) is 6.85. The van der Waals surface area contributed by atoms with Crippen LogP contribution in [0.15, 0.2) is 29.3 Å². The van der Waals surface area contributed by atoms with Crippen LogP contribution >= 0.6 is 11.6 Å². The number of rotatable bonds is 1. The first kappa shape index (κ1) is 8.83. The maximum absolute atomic E-state index is 11.5. The maximum Gasteiger partial charge on any atom is 0.286 e. The van der Waals surface area contributed by atoms with Gasteiger partial charge in [0.05, 0.1) is 0 Å². The van der Waals surface area contributed by atoms with E-state index >= 15 is 0 Å². The van der Waals surface area contributed by atoms with E-state index in [9.17, 15) is 9.59 Å². The van der Waals surface area contributed by atoms with Gasteiger partial charge in [-0.25, -0.2) is 4.98 Å². The summed E-state index contributed by atoms with van der Waals surface area (Å²) in [5.74, 6) is 0. The Labute approximate surface area is 83.0 Å². The van der Waals surface area contributed by atoms with Crippen molar-refractivity contribution in [1.29, 1.82) is 0 Å². The van der Waals surface area contributed by atoms with Crippen molar-refractivity contribution in [3.63, 3.8) is 0 Å². The number of hydrogen-bond acceptors (Lipinski definition) is 4. The van der Waals surface area contributed by atoms with E-state index in [0.717, 1.165) is 10.7 Å². The lowest BCUT2D eigenvalue weighted by Crippen LogP contribution is -2.22. The van der Waals surface area contributed by atoms with Crippen molar-refractivity contribution in [2.75, 3.05) is 0 Å². The molecule has 2 aromatic heterocycles. The van der Waals surface area contributed by atoms with Crippen LogP contribution in [0.3, 0.4) is 0 Å². The molecule has 14 heavy (non-hydrogen) atoms. The highest BCUT2D eigenvalue weighted by molar-refractivity contribution is 6.67. The summed E-state index contributed by atoms with van der Waals surface area (Å²) in [5.41, 5.74) is -0.363. The van der Waals surface area contributed by atoms with Gasteiger partial charge in [-0.1, -0.05) is 0 Å². The van der Waals surface area contributed by atoms with Crippen molar-refractivity contribution in [3.05, 3.63) is 40.4 Å². The quantitative estimate of drug-likeness (QED) is 0.641. The molecule has 6 heteroatoms. The molecule has 2 heterocycles. The second-order valence-electron chi connectivity index (χ2n) is 2.54. The normalized spacial score (nSPS) is 10.4. The number of carbonyl (C=O) groups excluding carboxylic acids is 1. The Hall–Kier alpha value is -1.75. The predicted octanol–water partition coefficient (Wildman–Crippen LogP) is 0.468. The number of fused-ring (bicyclic) bond motifs is 1. The second kappa shape index (κ2) is 3.19. The molecule has 0 aliphatic heterocycles. The molecule has 0 radical (unpaired) electrons. The molecule has 0 N–H and O–H groups in total. The van der Waals surface area contributed by atoms with Crippen LogP contribution < -0.4 is 5.56 Å². The van der Waals surface area contributed by atoms with E-state index in [1.165, 1.54) is 6.20 Å². The molecular weight excluding hydrogens is 206 g/mol. The van der Waals surface area contributed by atoms with Crippen LogP contribution in [0.1, 0.15) is 10.4 Å². The van der Waals surface area contributed by atoms with Crippen molar-refractivity contribution in [1.82, 2.24) is 14.6 Å². The third kappa shape index (κ3) is 1.27. The smallest absolute Gasteiger partial charge is 0.275 e. The molecule has 0 aliphatic rings. The van der Waals surface area contributed by atoms with E-state index in [-0.39, 0.29) is 5.56 Å². The van der Waals surface area contributed by atoms with E-state index in [2.05, 4.69) is 10.1 Å². The average Bonchev–Trinajstić information content (AvgIpc) is 2.18. The Morgan fingerprint density at radius 1 is 1.50 bits per heavy atom. The van der Waals surface area contributed by atoms with Gasteiger partial charge in [0.15, 0.2) is 5.65 Å². The van der Waals surface area contributed by atoms with Crippen LogP contribution in [0.25, 0.3) is 5.65 Å². The molecule has 5 nitrogen and oxygen atoms in total. The van der Waals surface area contributed by atoms with Crippen LogP contribution in [-0.4, -0.2) is 19.8 Å². The van der Waals surface area contributed by atoms with Gasteiger partial charge in [0, 0.05) is 12.4 Å². The predicted molar refractivity (Wildman–Crippen MR) is 49.4 cm³/mol. The fourth-order valence-corrected chi connectivity index (χ4v) is 1.18. The fourth-order valence-electron chi connectivity index (χ4n) is 1.05. The highest BCUT2D eigenvalue weighted by Crippen LogP contribution is 1.98. The number of halogens is 1. The van der Waals surface area contributed by atoms with Gasteiger partial charge >= 0.3 is 0 Å². The molecule has 0 bridgehead atoms. The molecule has 0 unspecified atom stereocenters. The Morgan fingerprint density at radius 3 is 3.00 bits per heavy atom. The zero-order chi connectivity index (χ0) is 10.1. The fraction of sp³-hybridized carbons (Fsp3) is 0. The molecule has 0 saturated heterocycles. The Kier molecular flexibility index (Phi) is 2.01. The monoisotopic (exact) mass is 209 g/mol. The van der Waals surface area contributed by atoms with E-state index in [4.69, 9.17) is 11.6 Å². The molecule has 2 rings (SSSR count). The van der Waals surface area contributed by atoms with E-state index in [0.29, 0.717) is 5.65 Å². The van der Waals surface area contributed by atoms with Crippen molar-refractivity contribution in [2.24, 2.45) is 0 Å². The number of nitrogens with zero attached hydrogens (tertiary/aromatic N) is 3. The Balaban J connectivity index is 2.89. The van der Waals surface area contributed by atoms with Crippen LogP contribution in [0.2, 0.25) is 0 Å².